The molecule has 128 valence electrons. The van der Waals surface area contributed by atoms with Crippen LogP contribution in [0, 0.1) is 0 Å². The van der Waals surface area contributed by atoms with E-state index in [1.807, 2.05) is 6.92 Å². The molecule has 0 radical (unpaired) electrons. The van der Waals surface area contributed by atoms with Gasteiger partial charge in [0.1, 0.15) is 11.9 Å². The average Bonchev–Trinajstić information content (AvgIpc) is 3.33. The Hall–Kier alpha value is -1.92. The van der Waals surface area contributed by atoms with Gasteiger partial charge in [-0.1, -0.05) is 19.1 Å². The number of rotatable bonds is 6. The molecule has 1 fully saturated rings. The van der Waals surface area contributed by atoms with E-state index in [0.29, 0.717) is 25.0 Å². The Balaban J connectivity index is 1.96. The van der Waals surface area contributed by atoms with Crippen molar-refractivity contribution in [1.29, 1.82) is 0 Å². The molecule has 0 heterocycles. The summed E-state index contributed by atoms with van der Waals surface area (Å²) in [6, 6.07) is 5.73. The van der Waals surface area contributed by atoms with Gasteiger partial charge in [0.15, 0.2) is 5.96 Å². The van der Waals surface area contributed by atoms with Crippen LogP contribution in [0.25, 0.3) is 0 Å². The molecule has 4 nitrogen and oxygen atoms in total. The van der Waals surface area contributed by atoms with Crippen molar-refractivity contribution in [3.63, 3.8) is 0 Å². The fourth-order valence-electron chi connectivity index (χ4n) is 2.08. The second-order valence-electron chi connectivity index (χ2n) is 5.51. The van der Waals surface area contributed by atoms with E-state index >= 15 is 0 Å². The van der Waals surface area contributed by atoms with Gasteiger partial charge in [0.25, 0.3) is 0 Å². The zero-order valence-corrected chi connectivity index (χ0v) is 13.3. The minimum atomic E-state index is -4.42. The number of para-hydroxylation sites is 1. The van der Waals surface area contributed by atoms with E-state index in [4.69, 9.17) is 4.74 Å². The number of hydrogen-bond donors (Lipinski definition) is 2. The predicted molar refractivity (Wildman–Crippen MR) is 83.7 cm³/mol. The second-order valence-corrected chi connectivity index (χ2v) is 5.51. The van der Waals surface area contributed by atoms with E-state index in [1.165, 1.54) is 18.2 Å². The van der Waals surface area contributed by atoms with Gasteiger partial charge in [0.05, 0.1) is 12.1 Å². The lowest BCUT2D eigenvalue weighted by Gasteiger charge is -2.22. The molecule has 1 aliphatic carbocycles. The summed E-state index contributed by atoms with van der Waals surface area (Å²) in [6.07, 6.45) is -1.98. The molecule has 0 saturated heterocycles. The van der Waals surface area contributed by atoms with Gasteiger partial charge in [-0.15, -0.1) is 0 Å². The molecule has 0 aliphatic heterocycles. The van der Waals surface area contributed by atoms with Crippen LogP contribution in [0.1, 0.15) is 31.7 Å². The molecule has 1 aromatic carbocycles. The number of nitrogens with one attached hydrogen (secondary N) is 2. The maximum atomic E-state index is 13.0. The summed E-state index contributed by atoms with van der Waals surface area (Å²) in [7, 11) is 1.67. The number of hydrogen-bond acceptors (Lipinski definition) is 2. The molecule has 0 spiro atoms. The summed E-state index contributed by atoms with van der Waals surface area (Å²) in [5.74, 6) is 0.512. The van der Waals surface area contributed by atoms with Crippen molar-refractivity contribution in [3.05, 3.63) is 29.8 Å². The van der Waals surface area contributed by atoms with Gasteiger partial charge < -0.3 is 15.4 Å². The number of alkyl halides is 3. The largest absolute Gasteiger partial charge is 0.488 e. The highest BCUT2D eigenvalue weighted by Crippen LogP contribution is 2.36. The van der Waals surface area contributed by atoms with Crippen molar-refractivity contribution in [1.82, 2.24) is 10.6 Å². The van der Waals surface area contributed by atoms with Gasteiger partial charge in [-0.05, 0) is 31.4 Å². The summed E-state index contributed by atoms with van der Waals surface area (Å²) < 4.78 is 44.6. The summed E-state index contributed by atoms with van der Waals surface area (Å²) in [6.45, 7) is 2.26. The molecule has 1 atom stereocenters. The Morgan fingerprint density at radius 3 is 2.61 bits per heavy atom. The monoisotopic (exact) mass is 329 g/mol. The first-order valence-corrected chi connectivity index (χ1v) is 7.74. The molecule has 1 saturated carbocycles. The minimum absolute atomic E-state index is 0.140. The van der Waals surface area contributed by atoms with E-state index in [0.717, 1.165) is 18.9 Å². The zero-order valence-electron chi connectivity index (χ0n) is 13.3. The predicted octanol–water partition coefficient (Wildman–Crippen LogP) is 3.19. The van der Waals surface area contributed by atoms with Crippen molar-refractivity contribution in [2.24, 2.45) is 4.99 Å². The van der Waals surface area contributed by atoms with Crippen LogP contribution in [0.2, 0.25) is 0 Å². The van der Waals surface area contributed by atoms with Crippen LogP contribution in [0.4, 0.5) is 13.2 Å². The van der Waals surface area contributed by atoms with Crippen LogP contribution >= 0.6 is 0 Å². The first-order chi connectivity index (χ1) is 10.9. The third-order valence-corrected chi connectivity index (χ3v) is 3.58. The minimum Gasteiger partial charge on any atom is -0.488 e. The maximum absolute atomic E-state index is 13.0. The molecule has 1 unspecified atom stereocenters. The third kappa shape index (κ3) is 5.33. The lowest BCUT2D eigenvalue weighted by atomic mass is 10.2. The molecule has 0 bridgehead atoms. The van der Waals surface area contributed by atoms with Crippen LogP contribution in [-0.2, 0) is 6.18 Å². The van der Waals surface area contributed by atoms with Gasteiger partial charge in [0.2, 0.25) is 0 Å². The van der Waals surface area contributed by atoms with E-state index in [-0.39, 0.29) is 11.9 Å². The molecular weight excluding hydrogens is 307 g/mol. The van der Waals surface area contributed by atoms with E-state index in [9.17, 15) is 13.2 Å². The van der Waals surface area contributed by atoms with Crippen LogP contribution in [0.15, 0.2) is 29.3 Å². The first kappa shape index (κ1) is 17.4. The molecule has 2 rings (SSSR count). The zero-order chi connectivity index (χ0) is 16.9. The summed E-state index contributed by atoms with van der Waals surface area (Å²) >= 11 is 0. The number of ether oxygens (including phenoxy) is 1. The Bertz CT molecular complexity index is 542. The summed E-state index contributed by atoms with van der Waals surface area (Å²) in [4.78, 5) is 4.10. The maximum Gasteiger partial charge on any atom is 0.419 e. The molecule has 1 aromatic rings. The van der Waals surface area contributed by atoms with Crippen molar-refractivity contribution in [2.75, 3.05) is 13.6 Å². The van der Waals surface area contributed by atoms with Crippen molar-refractivity contribution >= 4 is 5.96 Å². The molecule has 23 heavy (non-hydrogen) atoms. The highest BCUT2D eigenvalue weighted by Gasteiger charge is 2.34. The average molecular weight is 329 g/mol. The van der Waals surface area contributed by atoms with E-state index in [1.54, 1.807) is 7.05 Å². The van der Waals surface area contributed by atoms with Crippen LogP contribution in [0.5, 0.6) is 5.75 Å². The number of aliphatic imine (C=N–C) groups is 1. The molecule has 0 aromatic heterocycles. The SMILES string of the molecule is CCC(CNC(=NC)NC1CC1)Oc1ccccc1C(F)(F)F. The lowest BCUT2D eigenvalue weighted by molar-refractivity contribution is -0.139. The Kier molecular flexibility index (Phi) is 5.74. The molecule has 7 heteroatoms. The smallest absolute Gasteiger partial charge is 0.419 e. The molecule has 0 amide bonds. The highest BCUT2D eigenvalue weighted by atomic mass is 19.4. The molecular formula is C16H22F3N3O. The van der Waals surface area contributed by atoms with E-state index in [2.05, 4.69) is 15.6 Å². The van der Waals surface area contributed by atoms with Crippen molar-refractivity contribution in [2.45, 2.75) is 44.5 Å². The first-order valence-electron chi connectivity index (χ1n) is 7.74. The van der Waals surface area contributed by atoms with Gasteiger partial charge >= 0.3 is 6.18 Å². The molecule has 2 N–H and O–H groups in total. The van der Waals surface area contributed by atoms with Gasteiger partial charge in [0, 0.05) is 13.1 Å². The van der Waals surface area contributed by atoms with Crippen LogP contribution in [-0.4, -0.2) is 31.7 Å². The third-order valence-electron chi connectivity index (χ3n) is 3.58. The Morgan fingerprint density at radius 1 is 1.35 bits per heavy atom. The number of nitrogens with zero attached hydrogens (tertiary/aromatic N) is 1. The van der Waals surface area contributed by atoms with E-state index < -0.39 is 11.7 Å². The number of benzene rings is 1. The van der Waals surface area contributed by atoms with Crippen LogP contribution in [0.3, 0.4) is 0 Å². The fourth-order valence-corrected chi connectivity index (χ4v) is 2.08. The van der Waals surface area contributed by atoms with Gasteiger partial charge in [-0.2, -0.15) is 13.2 Å². The Morgan fingerprint density at radius 2 is 2.04 bits per heavy atom. The fraction of sp³-hybridized carbons (Fsp3) is 0.562. The second kappa shape index (κ2) is 7.57. The van der Waals surface area contributed by atoms with Gasteiger partial charge in [-0.3, -0.25) is 4.99 Å². The Labute approximate surface area is 134 Å². The molecule has 1 aliphatic rings. The van der Waals surface area contributed by atoms with Gasteiger partial charge in [-0.25, -0.2) is 0 Å². The van der Waals surface area contributed by atoms with Crippen LogP contribution < -0.4 is 15.4 Å². The quantitative estimate of drug-likeness (QED) is 0.622. The highest BCUT2D eigenvalue weighted by molar-refractivity contribution is 5.80. The van der Waals surface area contributed by atoms with Crippen molar-refractivity contribution < 1.29 is 17.9 Å². The normalized spacial score (nSPS) is 16.8. The number of halogens is 3. The summed E-state index contributed by atoms with van der Waals surface area (Å²) in [5.41, 5.74) is -0.751. The topological polar surface area (TPSA) is 45.7 Å². The lowest BCUT2D eigenvalue weighted by Crippen LogP contribution is -2.43. The standard InChI is InChI=1S/C16H22F3N3O/c1-3-12(10-21-15(20-2)22-11-8-9-11)23-14-7-5-4-6-13(14)16(17,18)19/h4-7,11-12H,3,8-10H2,1-2H3,(H2,20,21,22). The number of guanidine groups is 1. The summed E-state index contributed by atoms with van der Waals surface area (Å²) in [5, 5.41) is 6.33. The van der Waals surface area contributed by atoms with Crippen molar-refractivity contribution in [3.8, 4) is 5.75 Å².